The first-order chi connectivity index (χ1) is 14.9. The fraction of sp³-hybridized carbons (Fsp3) is 0.150. The summed E-state index contributed by atoms with van der Waals surface area (Å²) in [5, 5.41) is 10.5. The van der Waals surface area contributed by atoms with Crippen molar-refractivity contribution in [3.8, 4) is 5.75 Å². The molecule has 0 spiro atoms. The summed E-state index contributed by atoms with van der Waals surface area (Å²) in [6.45, 7) is -0.0347. The number of fused-ring (bicyclic) bond motifs is 1. The van der Waals surface area contributed by atoms with Crippen LogP contribution in [-0.4, -0.2) is 37.6 Å². The Bertz CT molecular complexity index is 1340. The number of carbonyl (C=O) groups is 1. The summed E-state index contributed by atoms with van der Waals surface area (Å²) in [7, 11) is 1.57. The summed E-state index contributed by atoms with van der Waals surface area (Å²) in [4.78, 5) is 29.2. The van der Waals surface area contributed by atoms with E-state index < -0.39 is 17.3 Å². The Morgan fingerprint density at radius 3 is 2.87 bits per heavy atom. The van der Waals surface area contributed by atoms with Gasteiger partial charge in [0.25, 0.3) is 5.56 Å². The summed E-state index contributed by atoms with van der Waals surface area (Å²) in [6.07, 6.45) is 1.23. The maximum atomic E-state index is 13.9. The van der Waals surface area contributed by atoms with Gasteiger partial charge in [-0.05, 0) is 35.9 Å². The number of anilines is 1. The fourth-order valence-electron chi connectivity index (χ4n) is 2.99. The van der Waals surface area contributed by atoms with Gasteiger partial charge in [-0.3, -0.25) is 14.2 Å². The van der Waals surface area contributed by atoms with Gasteiger partial charge >= 0.3 is 0 Å². The molecule has 1 amide bonds. The number of rotatable bonds is 6. The molecule has 0 aliphatic heterocycles. The molecule has 0 unspecified atom stereocenters. The first-order valence-electron chi connectivity index (χ1n) is 9.11. The number of carbonyl (C=O) groups excluding carboxylic acids is 1. The highest BCUT2D eigenvalue weighted by Crippen LogP contribution is 2.19. The van der Waals surface area contributed by atoms with Gasteiger partial charge in [0.1, 0.15) is 24.4 Å². The second kappa shape index (κ2) is 8.52. The minimum Gasteiger partial charge on any atom is -0.497 e. The van der Waals surface area contributed by atoms with Crippen LogP contribution in [0, 0.1) is 5.82 Å². The monoisotopic (exact) mass is 442 g/mol. The Kier molecular flexibility index (Phi) is 5.63. The third-order valence-corrected chi connectivity index (χ3v) is 4.71. The molecule has 158 valence electrons. The number of aromatic nitrogens is 5. The number of benzene rings is 2. The molecule has 11 heteroatoms. The van der Waals surface area contributed by atoms with Gasteiger partial charge < -0.3 is 10.1 Å². The van der Waals surface area contributed by atoms with E-state index in [9.17, 15) is 14.0 Å². The smallest absolute Gasteiger partial charge is 0.283 e. The summed E-state index contributed by atoms with van der Waals surface area (Å²) in [5.41, 5.74) is 0.625. The van der Waals surface area contributed by atoms with E-state index in [1.165, 1.54) is 23.1 Å². The van der Waals surface area contributed by atoms with E-state index in [-0.39, 0.29) is 28.4 Å². The van der Waals surface area contributed by atoms with Crippen LogP contribution >= 0.6 is 11.6 Å². The van der Waals surface area contributed by atoms with Crippen molar-refractivity contribution in [3.63, 3.8) is 0 Å². The number of methoxy groups -OCH3 is 1. The van der Waals surface area contributed by atoms with Crippen molar-refractivity contribution in [3.05, 3.63) is 75.5 Å². The zero-order valence-electron chi connectivity index (χ0n) is 16.2. The third kappa shape index (κ3) is 4.38. The van der Waals surface area contributed by atoms with Crippen LogP contribution in [0.1, 0.15) is 5.56 Å². The average molecular weight is 443 g/mol. The molecule has 0 aliphatic rings. The van der Waals surface area contributed by atoms with Crippen molar-refractivity contribution in [1.29, 1.82) is 0 Å². The molecule has 2 heterocycles. The van der Waals surface area contributed by atoms with E-state index in [1.54, 1.807) is 7.11 Å². The highest BCUT2D eigenvalue weighted by Gasteiger charge is 2.15. The van der Waals surface area contributed by atoms with Crippen LogP contribution in [0.4, 0.5) is 10.1 Å². The number of hydrogen-bond donors (Lipinski definition) is 1. The zero-order chi connectivity index (χ0) is 22.0. The average Bonchev–Trinajstić information content (AvgIpc) is 3.16. The topological polar surface area (TPSA) is 104 Å². The molecule has 0 saturated carbocycles. The number of amides is 1. The Morgan fingerprint density at radius 1 is 1.26 bits per heavy atom. The van der Waals surface area contributed by atoms with Crippen molar-refractivity contribution >= 4 is 34.4 Å². The van der Waals surface area contributed by atoms with E-state index in [0.29, 0.717) is 12.3 Å². The van der Waals surface area contributed by atoms with E-state index in [2.05, 4.69) is 20.6 Å². The van der Waals surface area contributed by atoms with Crippen LogP contribution in [0.15, 0.2) is 53.6 Å². The van der Waals surface area contributed by atoms with Crippen LogP contribution < -0.4 is 15.6 Å². The molecule has 0 aliphatic carbocycles. The third-order valence-electron chi connectivity index (χ3n) is 4.48. The maximum absolute atomic E-state index is 13.9. The Balaban J connectivity index is 1.54. The Hall–Kier alpha value is -3.79. The fourth-order valence-corrected chi connectivity index (χ4v) is 3.14. The van der Waals surface area contributed by atoms with Crippen molar-refractivity contribution in [2.24, 2.45) is 0 Å². The first kappa shape index (κ1) is 20.5. The maximum Gasteiger partial charge on any atom is 0.283 e. The highest BCUT2D eigenvalue weighted by molar-refractivity contribution is 6.30. The SMILES string of the molecule is COc1cccc(Cn2nnc3c(=O)n(CC(=O)Nc4ccc(Cl)cc4F)cnc32)c1. The molecule has 0 radical (unpaired) electrons. The minimum atomic E-state index is -0.678. The molecule has 4 rings (SSSR count). The second-order valence-corrected chi connectivity index (χ2v) is 7.06. The summed E-state index contributed by atoms with van der Waals surface area (Å²) in [5.74, 6) is -0.587. The lowest BCUT2D eigenvalue weighted by Crippen LogP contribution is -2.28. The molecule has 2 aromatic heterocycles. The van der Waals surface area contributed by atoms with Gasteiger partial charge in [0.15, 0.2) is 11.2 Å². The quantitative estimate of drug-likeness (QED) is 0.492. The van der Waals surface area contributed by atoms with Crippen LogP contribution in [0.25, 0.3) is 11.2 Å². The lowest BCUT2D eigenvalue weighted by molar-refractivity contribution is -0.116. The molecule has 0 bridgehead atoms. The lowest BCUT2D eigenvalue weighted by atomic mass is 10.2. The number of halogens is 2. The Morgan fingerprint density at radius 2 is 2.10 bits per heavy atom. The van der Waals surface area contributed by atoms with Crippen molar-refractivity contribution in [2.75, 3.05) is 12.4 Å². The van der Waals surface area contributed by atoms with E-state index >= 15 is 0 Å². The van der Waals surface area contributed by atoms with Gasteiger partial charge in [-0.25, -0.2) is 14.1 Å². The number of ether oxygens (including phenoxy) is 1. The molecular weight excluding hydrogens is 427 g/mol. The van der Waals surface area contributed by atoms with E-state index in [1.807, 2.05) is 24.3 Å². The summed E-state index contributed by atoms with van der Waals surface area (Å²) >= 11 is 5.70. The molecular formula is C20H16ClFN6O3. The molecule has 31 heavy (non-hydrogen) atoms. The van der Waals surface area contributed by atoms with Gasteiger partial charge in [0.2, 0.25) is 5.91 Å². The largest absolute Gasteiger partial charge is 0.497 e. The molecule has 4 aromatic rings. The van der Waals surface area contributed by atoms with Crippen LogP contribution in [0.5, 0.6) is 5.75 Å². The zero-order valence-corrected chi connectivity index (χ0v) is 17.0. The predicted molar refractivity (Wildman–Crippen MR) is 112 cm³/mol. The van der Waals surface area contributed by atoms with Gasteiger partial charge in [0.05, 0.1) is 19.3 Å². The summed E-state index contributed by atoms with van der Waals surface area (Å²) in [6, 6.07) is 11.3. The molecule has 0 fully saturated rings. The molecule has 1 N–H and O–H groups in total. The van der Waals surface area contributed by atoms with Gasteiger partial charge in [-0.1, -0.05) is 28.9 Å². The number of hydrogen-bond acceptors (Lipinski definition) is 6. The second-order valence-electron chi connectivity index (χ2n) is 6.62. The van der Waals surface area contributed by atoms with E-state index in [0.717, 1.165) is 16.2 Å². The normalized spacial score (nSPS) is 10.9. The lowest BCUT2D eigenvalue weighted by Gasteiger charge is -2.08. The van der Waals surface area contributed by atoms with E-state index in [4.69, 9.17) is 16.3 Å². The van der Waals surface area contributed by atoms with Crippen molar-refractivity contribution in [2.45, 2.75) is 13.1 Å². The summed E-state index contributed by atoms with van der Waals surface area (Å²) < 4.78 is 21.6. The number of nitrogens with one attached hydrogen (secondary N) is 1. The standard InChI is InChI=1S/C20H16ClFN6O3/c1-31-14-4-2-3-12(7-14)9-28-19-18(25-26-28)20(30)27(11-23-19)10-17(29)24-16-6-5-13(21)8-15(16)22/h2-8,11H,9-10H2,1H3,(H,24,29). The first-order valence-corrected chi connectivity index (χ1v) is 9.49. The minimum absolute atomic E-state index is 0.0240. The molecule has 0 saturated heterocycles. The number of nitrogens with zero attached hydrogens (tertiary/aromatic N) is 5. The van der Waals surface area contributed by atoms with Crippen molar-refractivity contribution < 1.29 is 13.9 Å². The predicted octanol–water partition coefficient (Wildman–Crippen LogP) is 2.48. The van der Waals surface area contributed by atoms with Gasteiger partial charge in [-0.2, -0.15) is 0 Å². The molecule has 0 atom stereocenters. The Labute approximate surface area is 180 Å². The highest BCUT2D eigenvalue weighted by atomic mass is 35.5. The van der Waals surface area contributed by atoms with Gasteiger partial charge in [-0.15, -0.1) is 5.10 Å². The van der Waals surface area contributed by atoms with Crippen LogP contribution in [0.3, 0.4) is 0 Å². The van der Waals surface area contributed by atoms with Crippen LogP contribution in [-0.2, 0) is 17.9 Å². The van der Waals surface area contributed by atoms with Crippen LogP contribution in [0.2, 0.25) is 5.02 Å². The van der Waals surface area contributed by atoms with Crippen molar-refractivity contribution in [1.82, 2.24) is 24.5 Å². The molecule has 2 aromatic carbocycles. The van der Waals surface area contributed by atoms with Gasteiger partial charge in [0, 0.05) is 5.02 Å². The molecule has 9 nitrogen and oxygen atoms in total.